The number of fused-ring (bicyclic) bond motifs is 1. The fourth-order valence-electron chi connectivity index (χ4n) is 1.59. The van der Waals surface area contributed by atoms with Gasteiger partial charge in [0.15, 0.2) is 0 Å². The van der Waals surface area contributed by atoms with Crippen LogP contribution < -0.4 is 5.73 Å². The highest BCUT2D eigenvalue weighted by Crippen LogP contribution is 2.29. The van der Waals surface area contributed by atoms with E-state index in [9.17, 15) is 4.79 Å². The molecule has 1 aromatic heterocycles. The number of hydrogen-bond acceptors (Lipinski definition) is 3. The summed E-state index contributed by atoms with van der Waals surface area (Å²) in [6.45, 7) is 1.86. The molecule has 3 N–H and O–H groups in total. The number of nitrogens with zero attached hydrogens (tertiary/aromatic N) is 1. The van der Waals surface area contributed by atoms with E-state index in [1.54, 1.807) is 12.1 Å². The Kier molecular flexibility index (Phi) is 2.44. The third-order valence-electron chi connectivity index (χ3n) is 2.34. The van der Waals surface area contributed by atoms with Crippen LogP contribution in [0.3, 0.4) is 0 Å². The minimum absolute atomic E-state index is 0.00540. The topological polar surface area (TPSA) is 76.2 Å². The van der Waals surface area contributed by atoms with E-state index in [0.717, 1.165) is 5.56 Å². The Morgan fingerprint density at radius 1 is 1.50 bits per heavy atom. The predicted molar refractivity (Wildman–Crippen MR) is 62.9 cm³/mol. The highest BCUT2D eigenvalue weighted by molar-refractivity contribution is 6.35. The van der Waals surface area contributed by atoms with Gasteiger partial charge in [-0.05, 0) is 24.6 Å². The molecule has 16 heavy (non-hydrogen) atoms. The van der Waals surface area contributed by atoms with Gasteiger partial charge in [0.1, 0.15) is 5.56 Å². The molecular formula is C11H9ClN2O2. The minimum atomic E-state index is -1.09. The lowest BCUT2D eigenvalue weighted by Gasteiger charge is -2.07. The number of carboxylic acids is 1. The standard InChI is InChI=1S/C11H9ClN2O2/c1-5-2-6-9(13)7(11(15)16)4-14-10(6)8(12)3-5/h2-4H,1H3,(H2,13,14)(H,15,16). The largest absolute Gasteiger partial charge is 0.478 e. The Labute approximate surface area is 96.7 Å². The second-order valence-electron chi connectivity index (χ2n) is 3.53. The number of nitrogen functional groups attached to an aromatic ring is 1. The van der Waals surface area contributed by atoms with Crippen LogP contribution in [0.5, 0.6) is 0 Å². The number of anilines is 1. The van der Waals surface area contributed by atoms with Gasteiger partial charge in [-0.25, -0.2) is 4.79 Å². The number of aromatic carboxylic acids is 1. The molecule has 0 spiro atoms. The number of aryl methyl sites for hydroxylation is 1. The average molecular weight is 237 g/mol. The van der Waals surface area contributed by atoms with Gasteiger partial charge in [-0.2, -0.15) is 0 Å². The van der Waals surface area contributed by atoms with Crippen LogP contribution in [0.2, 0.25) is 5.02 Å². The van der Waals surface area contributed by atoms with E-state index in [0.29, 0.717) is 15.9 Å². The highest BCUT2D eigenvalue weighted by Gasteiger charge is 2.13. The van der Waals surface area contributed by atoms with E-state index in [1.165, 1.54) is 6.20 Å². The summed E-state index contributed by atoms with van der Waals surface area (Å²) in [4.78, 5) is 14.9. The summed E-state index contributed by atoms with van der Waals surface area (Å²) in [7, 11) is 0. The first-order valence-corrected chi connectivity index (χ1v) is 4.96. The predicted octanol–water partition coefficient (Wildman–Crippen LogP) is 2.48. The van der Waals surface area contributed by atoms with Crippen LogP contribution in [0.4, 0.5) is 5.69 Å². The molecule has 0 amide bonds. The van der Waals surface area contributed by atoms with Crippen molar-refractivity contribution in [2.75, 3.05) is 5.73 Å². The van der Waals surface area contributed by atoms with E-state index in [2.05, 4.69) is 4.98 Å². The Morgan fingerprint density at radius 3 is 2.81 bits per heavy atom. The second-order valence-corrected chi connectivity index (χ2v) is 3.94. The number of carboxylic acid groups (broad SMARTS) is 1. The third-order valence-corrected chi connectivity index (χ3v) is 2.63. The van der Waals surface area contributed by atoms with Gasteiger partial charge < -0.3 is 10.8 Å². The molecule has 0 saturated carbocycles. The van der Waals surface area contributed by atoms with Crippen LogP contribution in [-0.4, -0.2) is 16.1 Å². The van der Waals surface area contributed by atoms with Crippen molar-refractivity contribution in [3.63, 3.8) is 0 Å². The Hall–Kier alpha value is -1.81. The van der Waals surface area contributed by atoms with Gasteiger partial charge in [0.25, 0.3) is 0 Å². The van der Waals surface area contributed by atoms with Gasteiger partial charge in [-0.15, -0.1) is 0 Å². The molecule has 0 saturated heterocycles. The van der Waals surface area contributed by atoms with Gasteiger partial charge >= 0.3 is 5.97 Å². The van der Waals surface area contributed by atoms with Crippen LogP contribution in [0.1, 0.15) is 15.9 Å². The lowest BCUT2D eigenvalue weighted by molar-refractivity contribution is 0.0698. The Balaban J connectivity index is 2.89. The van der Waals surface area contributed by atoms with Crippen molar-refractivity contribution in [1.82, 2.24) is 4.98 Å². The summed E-state index contributed by atoms with van der Waals surface area (Å²) in [6.07, 6.45) is 1.22. The molecule has 0 aliphatic carbocycles. The van der Waals surface area contributed by atoms with Crippen molar-refractivity contribution < 1.29 is 9.90 Å². The fourth-order valence-corrected chi connectivity index (χ4v) is 1.91. The van der Waals surface area contributed by atoms with Gasteiger partial charge in [0.2, 0.25) is 0 Å². The molecule has 0 aliphatic rings. The maximum atomic E-state index is 10.9. The van der Waals surface area contributed by atoms with Crippen molar-refractivity contribution in [3.05, 3.63) is 34.5 Å². The smallest absolute Gasteiger partial charge is 0.339 e. The maximum absolute atomic E-state index is 10.9. The molecule has 1 heterocycles. The van der Waals surface area contributed by atoms with Crippen LogP contribution in [0.25, 0.3) is 10.9 Å². The number of aromatic nitrogens is 1. The highest BCUT2D eigenvalue weighted by atomic mass is 35.5. The zero-order valence-corrected chi connectivity index (χ0v) is 9.25. The van der Waals surface area contributed by atoms with Crippen molar-refractivity contribution in [3.8, 4) is 0 Å². The molecule has 0 radical (unpaired) electrons. The maximum Gasteiger partial charge on any atom is 0.339 e. The number of pyridine rings is 1. The molecule has 0 bridgehead atoms. The monoisotopic (exact) mass is 236 g/mol. The summed E-state index contributed by atoms with van der Waals surface area (Å²) in [5, 5.41) is 9.96. The first-order chi connectivity index (χ1) is 7.50. The van der Waals surface area contributed by atoms with E-state index in [-0.39, 0.29) is 11.3 Å². The second kappa shape index (κ2) is 3.64. The van der Waals surface area contributed by atoms with Crippen LogP contribution in [-0.2, 0) is 0 Å². The average Bonchev–Trinajstić information content (AvgIpc) is 2.19. The summed E-state index contributed by atoms with van der Waals surface area (Å²) >= 11 is 6.00. The molecular weight excluding hydrogens is 228 g/mol. The lowest BCUT2D eigenvalue weighted by atomic mass is 10.1. The molecule has 0 fully saturated rings. The Morgan fingerprint density at radius 2 is 2.19 bits per heavy atom. The summed E-state index contributed by atoms with van der Waals surface area (Å²) < 4.78 is 0. The quantitative estimate of drug-likeness (QED) is 0.798. The molecule has 0 atom stereocenters. The molecule has 2 aromatic rings. The first-order valence-electron chi connectivity index (χ1n) is 4.58. The minimum Gasteiger partial charge on any atom is -0.478 e. The van der Waals surface area contributed by atoms with Crippen molar-refractivity contribution in [2.45, 2.75) is 6.92 Å². The number of carbonyl (C=O) groups is 1. The van der Waals surface area contributed by atoms with E-state index in [1.807, 2.05) is 6.92 Å². The van der Waals surface area contributed by atoms with E-state index >= 15 is 0 Å². The fraction of sp³-hybridized carbons (Fsp3) is 0.0909. The van der Waals surface area contributed by atoms with Crippen LogP contribution in [0.15, 0.2) is 18.3 Å². The SMILES string of the molecule is Cc1cc(Cl)c2ncc(C(=O)O)c(N)c2c1. The normalized spacial score (nSPS) is 10.6. The lowest BCUT2D eigenvalue weighted by Crippen LogP contribution is -2.04. The van der Waals surface area contributed by atoms with Crippen LogP contribution >= 0.6 is 11.6 Å². The number of nitrogens with two attached hydrogens (primary N) is 1. The van der Waals surface area contributed by atoms with Crippen LogP contribution in [0, 0.1) is 6.92 Å². The summed E-state index contributed by atoms with van der Waals surface area (Å²) in [6, 6.07) is 3.53. The number of halogens is 1. The zero-order valence-electron chi connectivity index (χ0n) is 8.49. The van der Waals surface area contributed by atoms with Crippen molar-refractivity contribution in [1.29, 1.82) is 0 Å². The van der Waals surface area contributed by atoms with Gasteiger partial charge in [-0.1, -0.05) is 11.6 Å². The molecule has 1 aromatic carbocycles. The molecule has 0 unspecified atom stereocenters. The van der Waals surface area contributed by atoms with E-state index < -0.39 is 5.97 Å². The van der Waals surface area contributed by atoms with Gasteiger partial charge in [-0.3, -0.25) is 4.98 Å². The Bertz CT molecular complexity index is 596. The molecule has 82 valence electrons. The number of rotatable bonds is 1. The summed E-state index contributed by atoms with van der Waals surface area (Å²) in [5.74, 6) is -1.09. The zero-order chi connectivity index (χ0) is 11.9. The van der Waals surface area contributed by atoms with Gasteiger partial charge in [0, 0.05) is 11.6 Å². The first kappa shape index (κ1) is 10.7. The van der Waals surface area contributed by atoms with Crippen molar-refractivity contribution >= 4 is 34.2 Å². The molecule has 5 heteroatoms. The van der Waals surface area contributed by atoms with E-state index in [4.69, 9.17) is 22.4 Å². The molecule has 4 nitrogen and oxygen atoms in total. The molecule has 0 aliphatic heterocycles. The third kappa shape index (κ3) is 1.57. The van der Waals surface area contributed by atoms with Crippen molar-refractivity contribution in [2.24, 2.45) is 0 Å². The van der Waals surface area contributed by atoms with Gasteiger partial charge in [0.05, 0.1) is 16.2 Å². The summed E-state index contributed by atoms with van der Waals surface area (Å²) in [5.41, 5.74) is 7.40. The number of benzene rings is 1. The molecule has 2 rings (SSSR count). The number of hydrogen-bond donors (Lipinski definition) is 2.